The van der Waals surface area contributed by atoms with Crippen LogP contribution in [0.25, 0.3) is 0 Å². The molecule has 2 aliphatic heterocycles. The average molecular weight is 544 g/mol. The molecule has 192 valence electrons. The van der Waals surface area contributed by atoms with Gasteiger partial charge in [-0.25, -0.2) is 9.48 Å². The van der Waals surface area contributed by atoms with Crippen LogP contribution in [0.3, 0.4) is 0 Å². The first-order valence-electron chi connectivity index (χ1n) is 10.2. The van der Waals surface area contributed by atoms with Crippen LogP contribution in [0.2, 0.25) is 0 Å². The summed E-state index contributed by atoms with van der Waals surface area (Å²) >= 11 is 1.14. The number of ether oxygens (including phenoxy) is 2. The molecule has 4 N–H and O–H groups in total. The van der Waals surface area contributed by atoms with Crippen molar-refractivity contribution in [2.45, 2.75) is 23.0 Å². The van der Waals surface area contributed by atoms with Crippen LogP contribution in [0.4, 0.5) is 0 Å². The Morgan fingerprint density at radius 2 is 2.00 bits per heavy atom. The number of aromatic hydroxyl groups is 1. The molecule has 2 aliphatic rings. The van der Waals surface area contributed by atoms with Crippen molar-refractivity contribution >= 4 is 35.5 Å². The number of amides is 2. The zero-order valence-electron chi connectivity index (χ0n) is 20.8. The van der Waals surface area contributed by atoms with Gasteiger partial charge in [0.05, 0.1) is 6.61 Å². The molecule has 1 aromatic carbocycles. The maximum atomic E-state index is 13.2. The maximum absolute atomic E-state index is 13.2. The van der Waals surface area contributed by atoms with E-state index in [1.54, 1.807) is 7.05 Å². The summed E-state index contributed by atoms with van der Waals surface area (Å²) in [5, 5.41) is 42.6. The van der Waals surface area contributed by atoms with E-state index in [1.165, 1.54) is 28.9 Å². The third kappa shape index (κ3) is 5.07. The predicted molar refractivity (Wildman–Crippen MR) is 118 cm³/mol. The average Bonchev–Trinajstić information content (AvgIpc) is 3.25. The summed E-state index contributed by atoms with van der Waals surface area (Å²) in [6.45, 7) is -0.213. The Morgan fingerprint density at radius 1 is 1.32 bits per heavy atom. The molecule has 2 amide bonds. The van der Waals surface area contributed by atoms with Crippen molar-refractivity contribution in [3.63, 3.8) is 0 Å². The summed E-state index contributed by atoms with van der Waals surface area (Å²) in [5.74, 6) is -6.73. The summed E-state index contributed by atoms with van der Waals surface area (Å²) in [4.78, 5) is 51.0. The van der Waals surface area contributed by atoms with Gasteiger partial charge in [0.1, 0.15) is 11.4 Å². The number of carbonyl (C=O) groups is 4. The van der Waals surface area contributed by atoms with Crippen molar-refractivity contribution in [2.75, 3.05) is 19.5 Å². The van der Waals surface area contributed by atoms with E-state index in [0.717, 1.165) is 23.8 Å². The summed E-state index contributed by atoms with van der Waals surface area (Å²) in [5.41, 5.74) is -2.17. The zero-order chi connectivity index (χ0) is 26.2. The molecule has 1 aromatic heterocycles. The van der Waals surface area contributed by atoms with Crippen LogP contribution in [0.5, 0.6) is 5.75 Å². The number of nitrogens with zero attached hydrogens (tertiary/aromatic N) is 5. The van der Waals surface area contributed by atoms with E-state index < -0.39 is 41.6 Å². The largest absolute Gasteiger partial charge is 1.00 e. The van der Waals surface area contributed by atoms with Crippen LogP contribution in [0.15, 0.2) is 40.7 Å². The molecule has 3 atom stereocenters. The predicted octanol–water partition coefficient (Wildman–Crippen LogP) is -4.01. The van der Waals surface area contributed by atoms with Crippen LogP contribution in [0.1, 0.15) is 12.9 Å². The monoisotopic (exact) mass is 544 g/mol. The molecule has 0 bridgehead atoms. The fraction of sp³-hybridized carbons (Fsp3) is 0.350. The van der Waals surface area contributed by atoms with Crippen molar-refractivity contribution < 1.29 is 75.0 Å². The quantitative estimate of drug-likeness (QED) is 0.0781. The molecule has 17 heteroatoms. The minimum absolute atomic E-state index is 0. The topological polar surface area (TPSA) is 206 Å². The number of hydrogen-bond donors (Lipinski definition) is 4. The van der Waals surface area contributed by atoms with Gasteiger partial charge in [0.15, 0.2) is 12.1 Å². The van der Waals surface area contributed by atoms with Gasteiger partial charge < -0.3 is 31.5 Å². The van der Waals surface area contributed by atoms with E-state index in [2.05, 4.69) is 20.8 Å². The van der Waals surface area contributed by atoms with E-state index in [1.807, 2.05) is 0 Å². The molecule has 1 saturated heterocycles. The maximum Gasteiger partial charge on any atom is 1.00 e. The molecule has 37 heavy (non-hydrogen) atoms. The Labute approximate surface area is 236 Å². The smallest absolute Gasteiger partial charge is 1.00 e. The third-order valence-corrected chi connectivity index (χ3v) is 6.73. The zero-order valence-corrected chi connectivity index (χ0v) is 22.6. The van der Waals surface area contributed by atoms with Crippen molar-refractivity contribution in [2.24, 2.45) is 7.05 Å². The molecule has 3 heterocycles. The van der Waals surface area contributed by atoms with E-state index >= 15 is 0 Å². The fourth-order valence-corrected chi connectivity index (χ4v) is 4.72. The number of aromatic nitrogens is 4. The molecule has 4 rings (SSSR count). The number of nitrogens with one attached hydrogen (secondary N) is 1. The number of phenols is 1. The normalized spacial score (nSPS) is 21.4. The Bertz CT molecular complexity index is 1280. The first-order chi connectivity index (χ1) is 17.1. The standard InChI is InChI=1S/C20H20N6O9S.Na.H/c1-25-19(22-23-24-25)36-8-10-7-35-18-20(34-2,17(33)26(18)13(10)16(31)32)21-14(28)12(15(29)30)9-3-5-11(27)6-4-9;;/h3-6,12,18,27H,7-8H2,1-2H3,(H,21,28)(H,29,30)(H,31,32);;/q;+1;-1/t12?,18-,20+;;/m1../s1. The van der Waals surface area contributed by atoms with Gasteiger partial charge in [-0.1, -0.05) is 23.9 Å². The van der Waals surface area contributed by atoms with Gasteiger partial charge in [0, 0.05) is 19.9 Å². The van der Waals surface area contributed by atoms with Gasteiger partial charge in [-0.05, 0) is 33.7 Å². The van der Waals surface area contributed by atoms with Crippen molar-refractivity contribution in [3.05, 3.63) is 41.1 Å². The summed E-state index contributed by atoms with van der Waals surface area (Å²) in [7, 11) is 2.71. The molecule has 0 saturated carbocycles. The summed E-state index contributed by atoms with van der Waals surface area (Å²) in [6.07, 6.45) is -1.36. The van der Waals surface area contributed by atoms with Crippen LogP contribution >= 0.6 is 11.8 Å². The van der Waals surface area contributed by atoms with E-state index in [0.29, 0.717) is 5.16 Å². The molecule has 0 radical (unpaired) electrons. The first-order valence-corrected chi connectivity index (χ1v) is 11.2. The number of methoxy groups -OCH3 is 1. The second-order valence-corrected chi connectivity index (χ2v) is 8.70. The Morgan fingerprint density at radius 3 is 2.54 bits per heavy atom. The number of β-lactam (4-membered cyclic amide) rings is 1. The molecule has 15 nitrogen and oxygen atoms in total. The number of aryl methyl sites for hydroxylation is 1. The number of carboxylic acid groups (broad SMARTS) is 2. The fourth-order valence-electron chi connectivity index (χ4n) is 3.88. The molecule has 1 fully saturated rings. The second-order valence-electron chi connectivity index (χ2n) is 7.76. The SMILES string of the molecule is CO[C@@]1(NC(=O)C(C(=O)O)c2ccc(O)cc2)C(=O)N2C(C(=O)O)=C(CSc3nnnn3C)CO[C@@H]21.[H-].[Na+]. The van der Waals surface area contributed by atoms with Gasteiger partial charge in [-0.2, -0.15) is 0 Å². The number of carbonyl (C=O) groups excluding carboxylic acids is 2. The molecule has 2 aromatic rings. The van der Waals surface area contributed by atoms with E-state index in [9.17, 15) is 34.5 Å². The van der Waals surface area contributed by atoms with E-state index in [-0.39, 0.29) is 65.9 Å². The van der Waals surface area contributed by atoms with E-state index in [4.69, 9.17) is 9.47 Å². The Balaban J connectivity index is 0.00000253. The van der Waals surface area contributed by atoms with Crippen LogP contribution in [0, 0.1) is 0 Å². The third-order valence-electron chi connectivity index (χ3n) is 5.64. The minimum Gasteiger partial charge on any atom is -1.00 e. The number of benzene rings is 1. The summed E-state index contributed by atoms with van der Waals surface area (Å²) < 4.78 is 12.4. The van der Waals surface area contributed by atoms with Crippen molar-refractivity contribution in [3.8, 4) is 5.75 Å². The van der Waals surface area contributed by atoms with Crippen molar-refractivity contribution in [1.29, 1.82) is 0 Å². The van der Waals surface area contributed by atoms with Gasteiger partial charge in [0.25, 0.3) is 11.6 Å². The number of carboxylic acids is 2. The second kappa shape index (κ2) is 11.2. The van der Waals surface area contributed by atoms with Crippen molar-refractivity contribution in [1.82, 2.24) is 30.4 Å². The number of rotatable bonds is 9. The van der Waals surface area contributed by atoms with Gasteiger partial charge >= 0.3 is 41.5 Å². The number of aliphatic carboxylic acids is 2. The van der Waals surface area contributed by atoms with Crippen LogP contribution in [-0.2, 0) is 35.7 Å². The van der Waals surface area contributed by atoms with Gasteiger partial charge in [0.2, 0.25) is 11.1 Å². The molecular weight excluding hydrogens is 523 g/mol. The number of phenolic OH excluding ortho intramolecular Hbond substituents is 1. The molecular formula is C20H21N6NaO9S. The van der Waals surface area contributed by atoms with Gasteiger partial charge in [-0.15, -0.1) is 5.10 Å². The minimum atomic E-state index is -2.14. The number of fused-ring (bicyclic) bond motifs is 1. The van der Waals surface area contributed by atoms with Crippen LogP contribution < -0.4 is 34.9 Å². The summed E-state index contributed by atoms with van der Waals surface area (Å²) in [6, 6.07) is 4.93. The number of hydrogen-bond acceptors (Lipinski definition) is 11. The first kappa shape index (κ1) is 28.5. The molecule has 0 aliphatic carbocycles. The van der Waals surface area contributed by atoms with Gasteiger partial charge in [-0.3, -0.25) is 19.3 Å². The van der Waals surface area contributed by atoms with Crippen LogP contribution in [-0.4, -0.2) is 95.6 Å². The number of tetrazole rings is 1. The number of thioether (sulfide) groups is 1. The molecule has 1 unspecified atom stereocenters. The Hall–Kier alpha value is -3.02. The molecule has 0 spiro atoms. The Kier molecular flexibility index (Phi) is 8.61.